The van der Waals surface area contributed by atoms with E-state index in [-0.39, 0.29) is 11.9 Å². The van der Waals surface area contributed by atoms with Crippen LogP contribution in [-0.4, -0.2) is 41.9 Å². The Labute approximate surface area is 141 Å². The number of piperidine rings is 1. The first-order chi connectivity index (χ1) is 11.6. The molecule has 2 aromatic heterocycles. The van der Waals surface area contributed by atoms with Crippen LogP contribution in [0.15, 0.2) is 12.4 Å². The lowest BCUT2D eigenvalue weighted by Gasteiger charge is -2.34. The molecule has 1 saturated carbocycles. The number of carbonyl (C=O) groups excluding carboxylic acids is 1. The van der Waals surface area contributed by atoms with Crippen molar-refractivity contribution in [1.29, 1.82) is 0 Å². The van der Waals surface area contributed by atoms with E-state index in [0.29, 0.717) is 5.69 Å². The van der Waals surface area contributed by atoms with Gasteiger partial charge in [-0.3, -0.25) is 9.48 Å². The maximum absolute atomic E-state index is 13.0. The third-order valence-corrected chi connectivity index (χ3v) is 5.19. The van der Waals surface area contributed by atoms with Crippen molar-refractivity contribution in [1.82, 2.24) is 29.4 Å². The molecule has 0 bridgehead atoms. The molecule has 2 aliphatic rings. The van der Waals surface area contributed by atoms with Crippen LogP contribution < -0.4 is 0 Å². The van der Waals surface area contributed by atoms with E-state index in [1.54, 1.807) is 4.68 Å². The van der Waals surface area contributed by atoms with Crippen LogP contribution in [0.5, 0.6) is 0 Å². The molecule has 24 heavy (non-hydrogen) atoms. The highest BCUT2D eigenvalue weighted by molar-refractivity contribution is 5.92. The van der Waals surface area contributed by atoms with Crippen molar-refractivity contribution >= 4 is 5.91 Å². The monoisotopic (exact) mass is 328 g/mol. The highest BCUT2D eigenvalue weighted by atomic mass is 16.2. The highest BCUT2D eigenvalue weighted by Gasteiger charge is 2.34. The van der Waals surface area contributed by atoms with Crippen LogP contribution in [0.2, 0.25) is 0 Å². The number of nitrogens with zero attached hydrogens (tertiary/aromatic N) is 6. The molecule has 0 aromatic carbocycles. The van der Waals surface area contributed by atoms with E-state index >= 15 is 0 Å². The molecule has 1 amide bonds. The smallest absolute Gasteiger partial charge is 0.274 e. The van der Waals surface area contributed by atoms with Gasteiger partial charge in [-0.2, -0.15) is 5.10 Å². The van der Waals surface area contributed by atoms with E-state index in [9.17, 15) is 4.79 Å². The maximum Gasteiger partial charge on any atom is 0.274 e. The predicted molar refractivity (Wildman–Crippen MR) is 88.3 cm³/mol. The molecule has 7 heteroatoms. The van der Waals surface area contributed by atoms with Crippen molar-refractivity contribution in [2.75, 3.05) is 6.54 Å². The SMILES string of the molecule is Cc1cc(C(=O)N2CCCCC2c2nncn2CC2CC2)nn1C. The molecule has 2 aromatic rings. The zero-order valence-corrected chi connectivity index (χ0v) is 14.4. The summed E-state index contributed by atoms with van der Waals surface area (Å²) in [5.41, 5.74) is 1.51. The number of hydrogen-bond acceptors (Lipinski definition) is 4. The summed E-state index contributed by atoms with van der Waals surface area (Å²) in [6.07, 6.45) is 7.49. The minimum absolute atomic E-state index is 0.00405. The van der Waals surface area contributed by atoms with Gasteiger partial charge in [0, 0.05) is 25.8 Å². The lowest BCUT2D eigenvalue weighted by molar-refractivity contribution is 0.0587. The fourth-order valence-corrected chi connectivity index (χ4v) is 3.50. The zero-order chi connectivity index (χ0) is 16.7. The summed E-state index contributed by atoms with van der Waals surface area (Å²) >= 11 is 0. The second-order valence-corrected chi connectivity index (χ2v) is 7.09. The lowest BCUT2D eigenvalue weighted by atomic mass is 10.0. The van der Waals surface area contributed by atoms with Crippen molar-refractivity contribution in [3.05, 3.63) is 29.6 Å². The van der Waals surface area contributed by atoms with Gasteiger partial charge >= 0.3 is 0 Å². The molecule has 128 valence electrons. The molecule has 3 heterocycles. The Bertz CT molecular complexity index is 725. The molecule has 4 rings (SSSR count). The fourth-order valence-electron chi connectivity index (χ4n) is 3.50. The van der Waals surface area contributed by atoms with Crippen LogP contribution in [0.1, 0.15) is 60.2 Å². The summed E-state index contributed by atoms with van der Waals surface area (Å²) in [6.45, 7) is 3.70. The van der Waals surface area contributed by atoms with Gasteiger partial charge in [0.05, 0.1) is 6.04 Å². The first-order valence-corrected chi connectivity index (χ1v) is 8.83. The van der Waals surface area contributed by atoms with Crippen LogP contribution >= 0.6 is 0 Å². The maximum atomic E-state index is 13.0. The summed E-state index contributed by atoms with van der Waals surface area (Å²) in [7, 11) is 1.87. The van der Waals surface area contributed by atoms with Gasteiger partial charge in [0.25, 0.3) is 5.91 Å². The number of likely N-dealkylation sites (tertiary alicyclic amines) is 1. The molecule has 0 N–H and O–H groups in total. The average molecular weight is 328 g/mol. The second-order valence-electron chi connectivity index (χ2n) is 7.09. The van der Waals surface area contributed by atoms with E-state index < -0.39 is 0 Å². The van der Waals surface area contributed by atoms with E-state index in [2.05, 4.69) is 19.9 Å². The van der Waals surface area contributed by atoms with Gasteiger partial charge in [0.1, 0.15) is 6.33 Å². The first kappa shape index (κ1) is 15.4. The van der Waals surface area contributed by atoms with Crippen LogP contribution in [0, 0.1) is 12.8 Å². The van der Waals surface area contributed by atoms with Crippen molar-refractivity contribution < 1.29 is 4.79 Å². The molecule has 0 spiro atoms. The van der Waals surface area contributed by atoms with Crippen molar-refractivity contribution in [3.8, 4) is 0 Å². The Morgan fingerprint density at radius 2 is 2.12 bits per heavy atom. The van der Waals surface area contributed by atoms with Gasteiger partial charge in [-0.25, -0.2) is 0 Å². The van der Waals surface area contributed by atoms with Crippen LogP contribution in [-0.2, 0) is 13.6 Å². The summed E-state index contributed by atoms with van der Waals surface area (Å²) in [6, 6.07) is 1.87. The summed E-state index contributed by atoms with van der Waals surface area (Å²) in [5.74, 6) is 1.69. The van der Waals surface area contributed by atoms with Crippen molar-refractivity contribution in [3.63, 3.8) is 0 Å². The number of carbonyl (C=O) groups is 1. The Hall–Kier alpha value is -2.18. The van der Waals surface area contributed by atoms with E-state index in [4.69, 9.17) is 0 Å². The van der Waals surface area contributed by atoms with Gasteiger partial charge in [0.15, 0.2) is 11.5 Å². The topological polar surface area (TPSA) is 68.8 Å². The van der Waals surface area contributed by atoms with Crippen LogP contribution in [0.3, 0.4) is 0 Å². The number of amides is 1. The molecule has 2 fully saturated rings. The third-order valence-electron chi connectivity index (χ3n) is 5.19. The van der Waals surface area contributed by atoms with E-state index in [0.717, 1.165) is 49.8 Å². The van der Waals surface area contributed by atoms with Crippen LogP contribution in [0.25, 0.3) is 0 Å². The predicted octanol–water partition coefficient (Wildman–Crippen LogP) is 2.10. The number of rotatable bonds is 4. The molecule has 1 unspecified atom stereocenters. The first-order valence-electron chi connectivity index (χ1n) is 8.83. The Morgan fingerprint density at radius 3 is 2.83 bits per heavy atom. The van der Waals surface area contributed by atoms with Gasteiger partial charge in [-0.1, -0.05) is 0 Å². The van der Waals surface area contributed by atoms with Gasteiger partial charge in [-0.05, 0) is 51.0 Å². The number of hydrogen-bond donors (Lipinski definition) is 0. The van der Waals surface area contributed by atoms with Gasteiger partial charge < -0.3 is 9.47 Å². The number of aryl methyl sites for hydroxylation is 2. The Kier molecular flexibility index (Phi) is 3.86. The van der Waals surface area contributed by atoms with Crippen LogP contribution in [0.4, 0.5) is 0 Å². The minimum atomic E-state index is 0.00405. The fraction of sp³-hybridized carbons (Fsp3) is 0.647. The zero-order valence-electron chi connectivity index (χ0n) is 14.4. The molecular weight excluding hydrogens is 304 g/mol. The molecule has 1 aliphatic carbocycles. The molecule has 7 nitrogen and oxygen atoms in total. The molecule has 0 radical (unpaired) electrons. The molecular formula is C17H24N6O. The second kappa shape index (κ2) is 6.03. The van der Waals surface area contributed by atoms with Gasteiger partial charge in [0.2, 0.25) is 0 Å². The third kappa shape index (κ3) is 2.83. The Balaban J connectivity index is 1.61. The number of aromatic nitrogens is 5. The van der Waals surface area contributed by atoms with Gasteiger partial charge in [-0.15, -0.1) is 10.2 Å². The van der Waals surface area contributed by atoms with E-state index in [1.807, 2.05) is 31.3 Å². The van der Waals surface area contributed by atoms with Crippen molar-refractivity contribution in [2.45, 2.75) is 51.6 Å². The van der Waals surface area contributed by atoms with E-state index in [1.165, 1.54) is 12.8 Å². The molecule has 1 saturated heterocycles. The quantitative estimate of drug-likeness (QED) is 0.862. The molecule has 1 atom stereocenters. The minimum Gasteiger partial charge on any atom is -0.327 e. The van der Waals surface area contributed by atoms with Crippen molar-refractivity contribution in [2.24, 2.45) is 13.0 Å². The lowest BCUT2D eigenvalue weighted by Crippen LogP contribution is -2.40. The molecule has 1 aliphatic heterocycles. The largest absolute Gasteiger partial charge is 0.327 e. The Morgan fingerprint density at radius 1 is 1.29 bits per heavy atom. The average Bonchev–Trinajstić information content (AvgIpc) is 3.17. The summed E-state index contributed by atoms with van der Waals surface area (Å²) < 4.78 is 3.90. The highest BCUT2D eigenvalue weighted by Crippen LogP contribution is 2.34. The summed E-state index contributed by atoms with van der Waals surface area (Å²) in [4.78, 5) is 15.0. The summed E-state index contributed by atoms with van der Waals surface area (Å²) in [5, 5.41) is 12.8. The normalized spacial score (nSPS) is 21.2. The standard InChI is InChI=1S/C17H24N6O/c1-12-9-14(20-21(12)2)17(24)23-8-4-3-5-15(23)16-19-18-11-22(16)10-13-6-7-13/h9,11,13,15H,3-8,10H2,1-2H3.